The molecule has 28 heavy (non-hydrogen) atoms. The highest BCUT2D eigenvalue weighted by atomic mass is 35.5. The predicted molar refractivity (Wildman–Crippen MR) is 109 cm³/mol. The van der Waals surface area contributed by atoms with E-state index in [4.69, 9.17) is 11.6 Å². The van der Waals surface area contributed by atoms with Crippen LogP contribution in [0.4, 0.5) is 10.1 Å². The van der Waals surface area contributed by atoms with Crippen molar-refractivity contribution in [3.63, 3.8) is 0 Å². The third kappa shape index (κ3) is 5.15. The maximum absolute atomic E-state index is 13.1. The molecule has 1 aromatic heterocycles. The van der Waals surface area contributed by atoms with Crippen LogP contribution >= 0.6 is 22.9 Å². The van der Waals surface area contributed by atoms with Crippen LogP contribution in [0, 0.1) is 12.7 Å². The van der Waals surface area contributed by atoms with Gasteiger partial charge in [-0.05, 0) is 37.3 Å². The van der Waals surface area contributed by atoms with Crippen LogP contribution in [-0.2, 0) is 16.0 Å². The first kappa shape index (κ1) is 20.0. The lowest BCUT2D eigenvalue weighted by molar-refractivity contribution is -0.136. The Morgan fingerprint density at radius 1 is 1.14 bits per heavy atom. The molecule has 3 rings (SSSR count). The Balaban J connectivity index is 1.53. The summed E-state index contributed by atoms with van der Waals surface area (Å²) in [5.74, 6) is -2.10. The number of benzene rings is 2. The molecule has 0 aliphatic heterocycles. The molecule has 0 fully saturated rings. The molecule has 8 heteroatoms. The molecule has 0 unspecified atom stereocenters. The van der Waals surface area contributed by atoms with Crippen molar-refractivity contribution >= 4 is 40.4 Å². The van der Waals surface area contributed by atoms with E-state index in [1.807, 2.05) is 31.2 Å². The SMILES string of the molecule is Cc1nc(-c2ccc(Cl)cc2)sc1CCNC(=O)C(=O)Nc1cccc(F)c1. The van der Waals surface area contributed by atoms with Gasteiger partial charge >= 0.3 is 11.8 Å². The second-order valence-corrected chi connectivity index (χ2v) is 7.52. The van der Waals surface area contributed by atoms with Gasteiger partial charge in [0.2, 0.25) is 0 Å². The molecule has 0 aliphatic carbocycles. The number of halogens is 2. The Labute approximate surface area is 170 Å². The molecule has 0 saturated heterocycles. The summed E-state index contributed by atoms with van der Waals surface area (Å²) in [7, 11) is 0. The summed E-state index contributed by atoms with van der Waals surface area (Å²) in [6, 6.07) is 12.8. The van der Waals surface area contributed by atoms with Crippen LogP contribution in [0.1, 0.15) is 10.6 Å². The Hall–Kier alpha value is -2.77. The van der Waals surface area contributed by atoms with Gasteiger partial charge in [0.25, 0.3) is 0 Å². The number of anilines is 1. The normalized spacial score (nSPS) is 10.5. The zero-order valence-corrected chi connectivity index (χ0v) is 16.5. The summed E-state index contributed by atoms with van der Waals surface area (Å²) >= 11 is 7.44. The monoisotopic (exact) mass is 417 g/mol. The number of aryl methyl sites for hydroxylation is 1. The van der Waals surface area contributed by atoms with Gasteiger partial charge in [-0.15, -0.1) is 11.3 Å². The van der Waals surface area contributed by atoms with E-state index in [0.717, 1.165) is 27.2 Å². The first-order valence-corrected chi connectivity index (χ1v) is 9.69. The van der Waals surface area contributed by atoms with E-state index >= 15 is 0 Å². The second kappa shape index (κ2) is 8.95. The summed E-state index contributed by atoms with van der Waals surface area (Å²) in [4.78, 5) is 29.4. The summed E-state index contributed by atoms with van der Waals surface area (Å²) in [5, 5.41) is 6.47. The predicted octanol–water partition coefficient (Wildman–Crippen LogP) is 4.21. The van der Waals surface area contributed by atoms with Crippen molar-refractivity contribution in [1.29, 1.82) is 0 Å². The minimum absolute atomic E-state index is 0.228. The van der Waals surface area contributed by atoms with Crippen LogP contribution in [0.2, 0.25) is 5.02 Å². The fourth-order valence-electron chi connectivity index (χ4n) is 2.50. The van der Waals surface area contributed by atoms with Crippen LogP contribution in [0.15, 0.2) is 48.5 Å². The Kier molecular flexibility index (Phi) is 6.38. The number of hydrogen-bond donors (Lipinski definition) is 2. The lowest BCUT2D eigenvalue weighted by atomic mass is 10.2. The summed E-state index contributed by atoms with van der Waals surface area (Å²) in [5.41, 5.74) is 2.08. The Morgan fingerprint density at radius 3 is 2.61 bits per heavy atom. The minimum Gasteiger partial charge on any atom is -0.347 e. The highest BCUT2D eigenvalue weighted by Gasteiger charge is 2.15. The molecule has 0 aliphatic rings. The van der Waals surface area contributed by atoms with Crippen molar-refractivity contribution < 1.29 is 14.0 Å². The first-order valence-electron chi connectivity index (χ1n) is 8.49. The fraction of sp³-hybridized carbons (Fsp3) is 0.150. The lowest BCUT2D eigenvalue weighted by Gasteiger charge is -2.06. The third-order valence-corrected chi connectivity index (χ3v) is 5.43. The zero-order valence-electron chi connectivity index (χ0n) is 15.0. The van der Waals surface area contributed by atoms with E-state index in [9.17, 15) is 14.0 Å². The molecule has 144 valence electrons. The number of nitrogens with zero attached hydrogens (tertiary/aromatic N) is 1. The van der Waals surface area contributed by atoms with Crippen LogP contribution in [-0.4, -0.2) is 23.3 Å². The largest absolute Gasteiger partial charge is 0.347 e. The van der Waals surface area contributed by atoms with Crippen molar-refractivity contribution in [2.45, 2.75) is 13.3 Å². The Bertz CT molecular complexity index is 1000. The number of carbonyl (C=O) groups excluding carboxylic acids is 2. The molecular formula is C20H17ClFN3O2S. The van der Waals surface area contributed by atoms with Crippen LogP contribution in [0.3, 0.4) is 0 Å². The molecule has 0 saturated carbocycles. The smallest absolute Gasteiger partial charge is 0.313 e. The second-order valence-electron chi connectivity index (χ2n) is 6.00. The number of thiazole rings is 1. The van der Waals surface area contributed by atoms with Crippen molar-refractivity contribution in [2.75, 3.05) is 11.9 Å². The molecule has 0 atom stereocenters. The molecule has 0 spiro atoms. The van der Waals surface area contributed by atoms with E-state index < -0.39 is 17.6 Å². The van der Waals surface area contributed by atoms with Crippen molar-refractivity contribution in [1.82, 2.24) is 10.3 Å². The average Bonchev–Trinajstić information content (AvgIpc) is 3.03. The molecule has 3 aromatic rings. The van der Waals surface area contributed by atoms with Crippen molar-refractivity contribution in [3.05, 3.63) is 69.9 Å². The van der Waals surface area contributed by atoms with E-state index in [2.05, 4.69) is 15.6 Å². The van der Waals surface area contributed by atoms with Gasteiger partial charge in [-0.3, -0.25) is 9.59 Å². The van der Waals surface area contributed by atoms with Gasteiger partial charge in [-0.25, -0.2) is 9.37 Å². The zero-order chi connectivity index (χ0) is 20.1. The third-order valence-electron chi connectivity index (χ3n) is 3.91. The summed E-state index contributed by atoms with van der Waals surface area (Å²) < 4.78 is 13.1. The Morgan fingerprint density at radius 2 is 1.89 bits per heavy atom. The van der Waals surface area contributed by atoms with E-state index in [1.54, 1.807) is 0 Å². The number of hydrogen-bond acceptors (Lipinski definition) is 4. The molecule has 2 amide bonds. The standard InChI is InChI=1S/C20H17ClFN3O2S/c1-12-17(28-20(24-12)13-5-7-14(21)8-6-13)9-10-23-18(26)19(27)25-16-4-2-3-15(22)11-16/h2-8,11H,9-10H2,1H3,(H,23,26)(H,25,27). The number of aromatic nitrogens is 1. The van der Waals surface area contributed by atoms with Gasteiger partial charge in [0, 0.05) is 34.1 Å². The van der Waals surface area contributed by atoms with Crippen LogP contribution < -0.4 is 10.6 Å². The molecule has 0 radical (unpaired) electrons. The minimum atomic E-state index is -0.839. The fourth-order valence-corrected chi connectivity index (χ4v) is 3.69. The maximum Gasteiger partial charge on any atom is 0.313 e. The molecule has 2 aromatic carbocycles. The number of carbonyl (C=O) groups is 2. The highest BCUT2D eigenvalue weighted by Crippen LogP contribution is 2.28. The first-order chi connectivity index (χ1) is 13.4. The van der Waals surface area contributed by atoms with Gasteiger partial charge < -0.3 is 10.6 Å². The van der Waals surface area contributed by atoms with Crippen molar-refractivity contribution in [2.24, 2.45) is 0 Å². The molecule has 5 nitrogen and oxygen atoms in total. The quantitative estimate of drug-likeness (QED) is 0.611. The lowest BCUT2D eigenvalue weighted by Crippen LogP contribution is -2.36. The maximum atomic E-state index is 13.1. The molecular weight excluding hydrogens is 401 g/mol. The highest BCUT2D eigenvalue weighted by molar-refractivity contribution is 7.15. The van der Waals surface area contributed by atoms with E-state index in [-0.39, 0.29) is 5.69 Å². The van der Waals surface area contributed by atoms with E-state index in [1.165, 1.54) is 29.5 Å². The summed E-state index contributed by atoms with van der Waals surface area (Å²) in [6.45, 7) is 2.20. The summed E-state index contributed by atoms with van der Waals surface area (Å²) in [6.07, 6.45) is 0.552. The van der Waals surface area contributed by atoms with Gasteiger partial charge in [-0.1, -0.05) is 29.8 Å². The van der Waals surface area contributed by atoms with Gasteiger partial charge in [0.1, 0.15) is 10.8 Å². The molecule has 0 bridgehead atoms. The average molecular weight is 418 g/mol. The molecule has 1 heterocycles. The van der Waals surface area contributed by atoms with Crippen LogP contribution in [0.5, 0.6) is 0 Å². The topological polar surface area (TPSA) is 71.1 Å². The van der Waals surface area contributed by atoms with Gasteiger partial charge in [0.15, 0.2) is 0 Å². The van der Waals surface area contributed by atoms with Crippen molar-refractivity contribution in [3.8, 4) is 10.6 Å². The number of nitrogens with one attached hydrogen (secondary N) is 2. The number of amides is 2. The van der Waals surface area contributed by atoms with E-state index in [0.29, 0.717) is 18.0 Å². The van der Waals surface area contributed by atoms with Gasteiger partial charge in [-0.2, -0.15) is 0 Å². The number of rotatable bonds is 5. The van der Waals surface area contributed by atoms with Crippen LogP contribution in [0.25, 0.3) is 10.6 Å². The van der Waals surface area contributed by atoms with Gasteiger partial charge in [0.05, 0.1) is 5.69 Å². The molecule has 2 N–H and O–H groups in total.